The highest BCUT2D eigenvalue weighted by Crippen LogP contribution is 2.33. The Hall–Kier alpha value is -2.31. The van der Waals surface area contributed by atoms with Crippen LogP contribution in [0, 0.1) is 5.92 Å². The number of nitrogens with zero attached hydrogens (tertiary/aromatic N) is 2. The minimum atomic E-state index is -4.34. The van der Waals surface area contributed by atoms with Gasteiger partial charge in [0.25, 0.3) is 5.91 Å². The summed E-state index contributed by atoms with van der Waals surface area (Å²) in [5.41, 5.74) is 0.481. The van der Waals surface area contributed by atoms with Crippen molar-refractivity contribution < 1.29 is 22.5 Å². The predicted octanol–water partition coefficient (Wildman–Crippen LogP) is 4.74. The smallest absolute Gasteiger partial charge is 0.351 e. The molecular formula is C20H23F3N2O2. The van der Waals surface area contributed by atoms with Crippen molar-refractivity contribution >= 4 is 5.91 Å². The molecule has 1 saturated heterocycles. The fourth-order valence-corrected chi connectivity index (χ4v) is 3.59. The fourth-order valence-electron chi connectivity index (χ4n) is 3.59. The zero-order valence-corrected chi connectivity index (χ0v) is 15.3. The van der Waals surface area contributed by atoms with Crippen LogP contribution in [0.5, 0.6) is 0 Å². The monoisotopic (exact) mass is 380 g/mol. The standard InChI is InChI=1S/C20H23F3N2O2/c1-2-16-12-18(27-24-16)19(26)25-11-5-6-14(13-25)9-10-15-7-3-4-8-17(15)20(21,22)23/h3-4,7-8,12,14H,2,5-6,9-11,13H2,1H3/t14-/m0/s1. The lowest BCUT2D eigenvalue weighted by atomic mass is 9.90. The zero-order chi connectivity index (χ0) is 19.4. The van der Waals surface area contributed by atoms with E-state index < -0.39 is 11.7 Å². The summed E-state index contributed by atoms with van der Waals surface area (Å²) >= 11 is 0. The molecule has 1 atom stereocenters. The summed E-state index contributed by atoms with van der Waals surface area (Å²) in [6, 6.07) is 7.37. The van der Waals surface area contributed by atoms with Crippen LogP contribution in [0.3, 0.4) is 0 Å². The van der Waals surface area contributed by atoms with E-state index in [2.05, 4.69) is 5.16 Å². The lowest BCUT2D eigenvalue weighted by molar-refractivity contribution is -0.138. The molecular weight excluding hydrogens is 357 g/mol. The van der Waals surface area contributed by atoms with Crippen molar-refractivity contribution in [3.63, 3.8) is 0 Å². The van der Waals surface area contributed by atoms with Gasteiger partial charge in [0.05, 0.1) is 11.3 Å². The van der Waals surface area contributed by atoms with Crippen LogP contribution in [0.25, 0.3) is 0 Å². The number of hydrogen-bond acceptors (Lipinski definition) is 3. The van der Waals surface area contributed by atoms with Gasteiger partial charge in [-0.25, -0.2) is 0 Å². The number of benzene rings is 1. The molecule has 2 aromatic rings. The highest BCUT2D eigenvalue weighted by molar-refractivity contribution is 5.91. The maximum atomic E-state index is 13.1. The largest absolute Gasteiger partial charge is 0.416 e. The molecule has 146 valence electrons. The van der Waals surface area contributed by atoms with Crippen molar-refractivity contribution in [3.05, 3.63) is 52.9 Å². The lowest BCUT2D eigenvalue weighted by Gasteiger charge is -2.32. The van der Waals surface area contributed by atoms with E-state index in [1.54, 1.807) is 17.0 Å². The van der Waals surface area contributed by atoms with Crippen molar-refractivity contribution in [1.82, 2.24) is 10.1 Å². The first-order chi connectivity index (χ1) is 12.9. The molecule has 0 bridgehead atoms. The summed E-state index contributed by atoms with van der Waals surface area (Å²) < 4.78 is 44.5. The SMILES string of the molecule is CCc1cc(C(=O)N2CCC[C@@H](CCc3ccccc3C(F)(F)F)C2)on1. The van der Waals surface area contributed by atoms with Crippen LogP contribution in [0.1, 0.15) is 53.6 Å². The van der Waals surface area contributed by atoms with Gasteiger partial charge in [0.15, 0.2) is 0 Å². The van der Waals surface area contributed by atoms with E-state index >= 15 is 0 Å². The first-order valence-electron chi connectivity index (χ1n) is 9.28. The van der Waals surface area contributed by atoms with Gasteiger partial charge >= 0.3 is 6.18 Å². The number of amides is 1. The van der Waals surface area contributed by atoms with Crippen LogP contribution in [-0.4, -0.2) is 29.1 Å². The van der Waals surface area contributed by atoms with Crippen molar-refractivity contribution in [2.75, 3.05) is 13.1 Å². The fraction of sp³-hybridized carbons (Fsp3) is 0.500. The summed E-state index contributed by atoms with van der Waals surface area (Å²) in [6.07, 6.45) is -0.925. The number of likely N-dealkylation sites (tertiary alicyclic amines) is 1. The Balaban J connectivity index is 1.61. The average molecular weight is 380 g/mol. The maximum Gasteiger partial charge on any atom is 0.416 e. The quantitative estimate of drug-likeness (QED) is 0.753. The number of hydrogen-bond donors (Lipinski definition) is 0. The van der Waals surface area contributed by atoms with Crippen molar-refractivity contribution in [1.29, 1.82) is 0 Å². The highest BCUT2D eigenvalue weighted by atomic mass is 19.4. The molecule has 0 unspecified atom stereocenters. The minimum absolute atomic E-state index is 0.178. The second-order valence-electron chi connectivity index (χ2n) is 6.99. The molecule has 1 aromatic carbocycles. The first kappa shape index (κ1) is 19.5. The molecule has 0 saturated carbocycles. The molecule has 4 nitrogen and oxygen atoms in total. The van der Waals surface area contributed by atoms with Crippen LogP contribution >= 0.6 is 0 Å². The highest BCUT2D eigenvalue weighted by Gasteiger charge is 2.33. The number of piperidine rings is 1. The summed E-state index contributed by atoms with van der Waals surface area (Å²) in [6.45, 7) is 3.10. The van der Waals surface area contributed by atoms with Gasteiger partial charge in [0, 0.05) is 19.2 Å². The molecule has 1 amide bonds. The van der Waals surface area contributed by atoms with Crippen LogP contribution in [0.15, 0.2) is 34.9 Å². The number of halogens is 3. The van der Waals surface area contributed by atoms with Gasteiger partial charge in [-0.1, -0.05) is 30.3 Å². The molecule has 1 aromatic heterocycles. The van der Waals surface area contributed by atoms with Gasteiger partial charge in [-0.15, -0.1) is 0 Å². The number of carbonyl (C=O) groups excluding carboxylic acids is 1. The van der Waals surface area contributed by atoms with E-state index in [0.29, 0.717) is 37.9 Å². The summed E-state index contributed by atoms with van der Waals surface area (Å²) in [7, 11) is 0. The molecule has 0 spiro atoms. The first-order valence-corrected chi connectivity index (χ1v) is 9.28. The Labute approximate surface area is 156 Å². The van der Waals surface area contributed by atoms with Gasteiger partial charge in [-0.3, -0.25) is 4.79 Å². The van der Waals surface area contributed by atoms with Crippen molar-refractivity contribution in [2.45, 2.75) is 45.2 Å². The number of aromatic nitrogens is 1. The van der Waals surface area contributed by atoms with Crippen LogP contribution in [0.4, 0.5) is 13.2 Å². The summed E-state index contributed by atoms with van der Waals surface area (Å²) in [4.78, 5) is 14.3. The van der Waals surface area contributed by atoms with Crippen LogP contribution in [-0.2, 0) is 19.0 Å². The van der Waals surface area contributed by atoms with E-state index in [1.807, 2.05) is 6.92 Å². The third-order valence-corrected chi connectivity index (χ3v) is 5.08. The Morgan fingerprint density at radius 1 is 1.33 bits per heavy atom. The second kappa shape index (κ2) is 8.15. The molecule has 1 fully saturated rings. The Morgan fingerprint density at radius 2 is 2.11 bits per heavy atom. The Bertz CT molecular complexity index is 786. The van der Waals surface area contributed by atoms with Gasteiger partial charge in [-0.2, -0.15) is 13.2 Å². The van der Waals surface area contributed by atoms with E-state index in [0.717, 1.165) is 24.6 Å². The topological polar surface area (TPSA) is 46.3 Å². The summed E-state index contributed by atoms with van der Waals surface area (Å²) in [5.74, 6) is 0.218. The van der Waals surface area contributed by atoms with Crippen LogP contribution in [0.2, 0.25) is 0 Å². The van der Waals surface area contributed by atoms with Crippen LogP contribution < -0.4 is 0 Å². The summed E-state index contributed by atoms with van der Waals surface area (Å²) in [5, 5.41) is 3.85. The van der Waals surface area contributed by atoms with Gasteiger partial charge in [0.1, 0.15) is 0 Å². The average Bonchev–Trinajstić information content (AvgIpc) is 3.15. The maximum absolute atomic E-state index is 13.1. The van der Waals surface area contributed by atoms with Gasteiger partial charge in [0.2, 0.25) is 5.76 Å². The lowest BCUT2D eigenvalue weighted by Crippen LogP contribution is -2.40. The minimum Gasteiger partial charge on any atom is -0.351 e. The number of aryl methyl sites for hydroxylation is 2. The Morgan fingerprint density at radius 3 is 2.81 bits per heavy atom. The second-order valence-corrected chi connectivity index (χ2v) is 6.99. The Kier molecular flexibility index (Phi) is 5.87. The third kappa shape index (κ3) is 4.70. The van der Waals surface area contributed by atoms with Crippen molar-refractivity contribution in [3.8, 4) is 0 Å². The number of alkyl halides is 3. The van der Waals surface area contributed by atoms with E-state index in [9.17, 15) is 18.0 Å². The van der Waals surface area contributed by atoms with Crippen molar-refractivity contribution in [2.24, 2.45) is 5.92 Å². The zero-order valence-electron chi connectivity index (χ0n) is 15.3. The van der Waals surface area contributed by atoms with E-state index in [1.165, 1.54) is 12.1 Å². The molecule has 27 heavy (non-hydrogen) atoms. The molecule has 7 heteroatoms. The van der Waals surface area contributed by atoms with Gasteiger partial charge in [-0.05, 0) is 49.7 Å². The van der Waals surface area contributed by atoms with E-state index in [-0.39, 0.29) is 17.6 Å². The molecule has 1 aliphatic heterocycles. The molecule has 0 N–H and O–H groups in total. The number of rotatable bonds is 5. The third-order valence-electron chi connectivity index (χ3n) is 5.08. The molecule has 2 heterocycles. The molecule has 0 radical (unpaired) electrons. The molecule has 0 aliphatic carbocycles. The predicted molar refractivity (Wildman–Crippen MR) is 94.3 cm³/mol. The number of carbonyl (C=O) groups is 1. The van der Waals surface area contributed by atoms with Gasteiger partial charge < -0.3 is 9.42 Å². The molecule has 3 rings (SSSR count). The normalized spacial score (nSPS) is 17.9. The van der Waals surface area contributed by atoms with E-state index in [4.69, 9.17) is 4.52 Å². The molecule has 1 aliphatic rings.